The fourth-order valence-corrected chi connectivity index (χ4v) is 1.55. The molecule has 0 spiro atoms. The summed E-state index contributed by atoms with van der Waals surface area (Å²) in [5, 5.41) is 2.54. The van der Waals surface area contributed by atoms with Gasteiger partial charge in [0.2, 0.25) is 5.54 Å². The molecule has 0 heterocycles. The lowest BCUT2D eigenvalue weighted by atomic mass is 10.0. The van der Waals surface area contributed by atoms with Crippen LogP contribution >= 0.6 is 0 Å². The number of halogens is 3. The molecule has 0 radical (unpaired) electrons. The highest BCUT2D eigenvalue weighted by atomic mass is 19.4. The van der Waals surface area contributed by atoms with Crippen molar-refractivity contribution in [3.63, 3.8) is 0 Å². The van der Waals surface area contributed by atoms with Crippen LogP contribution in [-0.4, -0.2) is 30.8 Å². The lowest BCUT2D eigenvalue weighted by Gasteiger charge is -2.29. The Morgan fingerprint density at radius 1 is 1.30 bits per heavy atom. The Kier molecular flexibility index (Phi) is 5.52. The van der Waals surface area contributed by atoms with Crippen molar-refractivity contribution < 1.29 is 22.7 Å². The molecule has 0 amide bonds. The molecular formula is C13H17F3N2O2. The minimum Gasteiger partial charge on any atom is -0.464 e. The molecule has 0 unspecified atom stereocenters. The van der Waals surface area contributed by atoms with Gasteiger partial charge >= 0.3 is 12.1 Å². The third-order valence-electron chi connectivity index (χ3n) is 2.72. The summed E-state index contributed by atoms with van der Waals surface area (Å²) >= 11 is 0. The van der Waals surface area contributed by atoms with Gasteiger partial charge in [-0.15, -0.1) is 0 Å². The largest absolute Gasteiger partial charge is 0.464 e. The maximum absolute atomic E-state index is 12.9. The van der Waals surface area contributed by atoms with Gasteiger partial charge in [-0.25, -0.2) is 4.79 Å². The Hall–Kier alpha value is -1.60. The van der Waals surface area contributed by atoms with Crippen molar-refractivity contribution in [2.24, 2.45) is 5.73 Å². The van der Waals surface area contributed by atoms with Gasteiger partial charge < -0.3 is 15.8 Å². The van der Waals surface area contributed by atoms with Crippen molar-refractivity contribution in [2.75, 3.05) is 13.2 Å². The maximum atomic E-state index is 12.9. The van der Waals surface area contributed by atoms with Crippen LogP contribution in [0.2, 0.25) is 0 Å². The van der Waals surface area contributed by atoms with Crippen molar-refractivity contribution in [1.82, 2.24) is 5.32 Å². The van der Waals surface area contributed by atoms with Gasteiger partial charge in [0.05, 0.1) is 6.61 Å². The highest BCUT2D eigenvalue weighted by molar-refractivity contribution is 5.82. The lowest BCUT2D eigenvalue weighted by molar-refractivity contribution is -0.204. The van der Waals surface area contributed by atoms with Gasteiger partial charge in [0.1, 0.15) is 0 Å². The molecule has 0 aliphatic carbocycles. The number of nitrogens with two attached hydrogens (primary N) is 1. The molecule has 0 saturated carbocycles. The van der Waals surface area contributed by atoms with E-state index >= 15 is 0 Å². The molecule has 1 aromatic rings. The van der Waals surface area contributed by atoms with Crippen molar-refractivity contribution in [2.45, 2.75) is 25.2 Å². The molecular weight excluding hydrogens is 273 g/mol. The molecule has 0 aromatic heterocycles. The molecule has 0 saturated heterocycles. The molecule has 112 valence electrons. The average molecular weight is 290 g/mol. The Morgan fingerprint density at radius 3 is 2.40 bits per heavy atom. The van der Waals surface area contributed by atoms with Crippen LogP contribution in [0, 0.1) is 0 Å². The molecule has 3 N–H and O–H groups in total. The van der Waals surface area contributed by atoms with Gasteiger partial charge in [0.15, 0.2) is 0 Å². The first-order valence-electron chi connectivity index (χ1n) is 6.08. The summed E-state index contributed by atoms with van der Waals surface area (Å²) in [4.78, 5) is 11.4. The zero-order valence-corrected chi connectivity index (χ0v) is 11.0. The molecule has 20 heavy (non-hydrogen) atoms. The molecule has 1 aromatic carbocycles. The lowest BCUT2D eigenvalue weighted by Crippen LogP contribution is -2.65. The Bertz CT molecular complexity index is 437. The van der Waals surface area contributed by atoms with E-state index in [9.17, 15) is 18.0 Å². The first-order chi connectivity index (χ1) is 9.31. The standard InChI is InChI=1S/C13H17F3N2O2/c1-2-20-11(19)12(17,13(14,15)16)9-18-8-10-6-4-3-5-7-10/h3-7,18H,2,8-9,17H2,1H3/t12-/m0/s1. The van der Waals surface area contributed by atoms with Crippen LogP contribution in [0.4, 0.5) is 13.2 Å². The summed E-state index contributed by atoms with van der Waals surface area (Å²) in [6.45, 7) is 0.693. The summed E-state index contributed by atoms with van der Waals surface area (Å²) in [5.41, 5.74) is 2.96. The van der Waals surface area contributed by atoms with Crippen LogP contribution in [-0.2, 0) is 16.1 Å². The number of alkyl halides is 3. The Balaban J connectivity index is 2.69. The predicted octanol–water partition coefficient (Wildman–Crippen LogP) is 1.60. The van der Waals surface area contributed by atoms with E-state index in [-0.39, 0.29) is 13.2 Å². The van der Waals surface area contributed by atoms with Gasteiger partial charge in [-0.1, -0.05) is 30.3 Å². The zero-order chi connectivity index (χ0) is 15.2. The van der Waals surface area contributed by atoms with E-state index in [1.165, 1.54) is 6.92 Å². The first kappa shape index (κ1) is 16.5. The van der Waals surface area contributed by atoms with Crippen molar-refractivity contribution in [3.05, 3.63) is 35.9 Å². The number of nitrogens with one attached hydrogen (secondary N) is 1. The number of carbonyl (C=O) groups is 1. The highest BCUT2D eigenvalue weighted by Gasteiger charge is 2.58. The van der Waals surface area contributed by atoms with Gasteiger partial charge in [-0.3, -0.25) is 0 Å². The number of hydrogen-bond donors (Lipinski definition) is 2. The number of benzene rings is 1. The second-order valence-corrected chi connectivity index (χ2v) is 4.28. The Morgan fingerprint density at radius 2 is 1.90 bits per heavy atom. The first-order valence-corrected chi connectivity index (χ1v) is 6.08. The van der Waals surface area contributed by atoms with Crippen LogP contribution in [0.3, 0.4) is 0 Å². The van der Waals surface area contributed by atoms with E-state index in [2.05, 4.69) is 10.1 Å². The molecule has 0 fully saturated rings. The van der Waals surface area contributed by atoms with Crippen molar-refractivity contribution >= 4 is 5.97 Å². The SMILES string of the molecule is CCOC(=O)[C@@](N)(CNCc1ccccc1)C(F)(F)F. The van der Waals surface area contributed by atoms with Crippen LogP contribution in [0.1, 0.15) is 12.5 Å². The molecule has 7 heteroatoms. The third-order valence-corrected chi connectivity index (χ3v) is 2.72. The quantitative estimate of drug-likeness (QED) is 0.781. The second kappa shape index (κ2) is 6.71. The molecule has 0 aliphatic rings. The van der Waals surface area contributed by atoms with Crippen LogP contribution in [0.5, 0.6) is 0 Å². The van der Waals surface area contributed by atoms with E-state index < -0.39 is 24.2 Å². The zero-order valence-electron chi connectivity index (χ0n) is 11.0. The van der Waals surface area contributed by atoms with Gasteiger partial charge in [-0.2, -0.15) is 13.2 Å². The molecule has 1 rings (SSSR count). The maximum Gasteiger partial charge on any atom is 0.418 e. The van der Waals surface area contributed by atoms with E-state index in [1.807, 2.05) is 0 Å². The predicted molar refractivity (Wildman–Crippen MR) is 67.8 cm³/mol. The van der Waals surface area contributed by atoms with Gasteiger partial charge in [0.25, 0.3) is 0 Å². The average Bonchev–Trinajstić information content (AvgIpc) is 2.38. The number of carbonyl (C=O) groups excluding carboxylic acids is 1. The van der Waals surface area contributed by atoms with E-state index in [1.54, 1.807) is 30.3 Å². The van der Waals surface area contributed by atoms with Crippen LogP contribution in [0.25, 0.3) is 0 Å². The normalized spacial score (nSPS) is 14.7. The number of rotatable bonds is 6. The van der Waals surface area contributed by atoms with Crippen molar-refractivity contribution in [1.29, 1.82) is 0 Å². The van der Waals surface area contributed by atoms with E-state index in [0.717, 1.165) is 5.56 Å². The summed E-state index contributed by atoms with van der Waals surface area (Å²) < 4.78 is 43.2. The summed E-state index contributed by atoms with van der Waals surface area (Å²) in [5.74, 6) is -1.48. The minimum absolute atomic E-state index is 0.160. The molecule has 4 nitrogen and oxygen atoms in total. The van der Waals surface area contributed by atoms with Crippen LogP contribution < -0.4 is 11.1 Å². The molecule has 0 aliphatic heterocycles. The second-order valence-electron chi connectivity index (χ2n) is 4.28. The Labute approximate surface area is 115 Å². The fourth-order valence-electron chi connectivity index (χ4n) is 1.55. The van der Waals surface area contributed by atoms with E-state index in [4.69, 9.17) is 5.73 Å². The summed E-state index contributed by atoms with van der Waals surface area (Å²) in [6, 6.07) is 8.83. The molecule has 1 atom stereocenters. The number of ether oxygens (including phenoxy) is 1. The van der Waals surface area contributed by atoms with Crippen molar-refractivity contribution in [3.8, 4) is 0 Å². The van der Waals surface area contributed by atoms with Crippen LogP contribution in [0.15, 0.2) is 30.3 Å². The summed E-state index contributed by atoms with van der Waals surface area (Å²) in [7, 11) is 0. The number of esters is 1. The van der Waals surface area contributed by atoms with Gasteiger partial charge in [0, 0.05) is 13.1 Å². The smallest absolute Gasteiger partial charge is 0.418 e. The minimum atomic E-state index is -4.89. The highest BCUT2D eigenvalue weighted by Crippen LogP contribution is 2.29. The third kappa shape index (κ3) is 3.94. The monoisotopic (exact) mass is 290 g/mol. The molecule has 0 bridgehead atoms. The van der Waals surface area contributed by atoms with E-state index in [0.29, 0.717) is 0 Å². The fraction of sp³-hybridized carbons (Fsp3) is 0.462. The van der Waals surface area contributed by atoms with Gasteiger partial charge in [-0.05, 0) is 12.5 Å². The summed E-state index contributed by atoms with van der Waals surface area (Å²) in [6.07, 6.45) is -4.89. The number of hydrogen-bond acceptors (Lipinski definition) is 4. The topological polar surface area (TPSA) is 64.3 Å².